The molecule has 13 heavy (non-hydrogen) atoms. The summed E-state index contributed by atoms with van der Waals surface area (Å²) < 4.78 is 1.10. The van der Waals surface area contributed by atoms with Gasteiger partial charge in [-0.15, -0.1) is 0 Å². The molecule has 0 radical (unpaired) electrons. The van der Waals surface area contributed by atoms with Crippen LogP contribution in [-0.4, -0.2) is 0 Å². The molecule has 5 heteroatoms. The summed E-state index contributed by atoms with van der Waals surface area (Å²) >= 11 is 8.07. The minimum absolute atomic E-state index is 0. The van der Waals surface area contributed by atoms with Crippen molar-refractivity contribution in [2.75, 3.05) is 0 Å². The van der Waals surface area contributed by atoms with Gasteiger partial charge in [-0.3, -0.25) is 0 Å². The van der Waals surface area contributed by atoms with E-state index >= 15 is 0 Å². The quantitative estimate of drug-likeness (QED) is 0.451. The summed E-state index contributed by atoms with van der Waals surface area (Å²) in [7, 11) is 0.628. The van der Waals surface area contributed by atoms with Crippen molar-refractivity contribution in [1.82, 2.24) is 0 Å². The van der Waals surface area contributed by atoms with Crippen LogP contribution in [0.5, 0.6) is 0 Å². The molecule has 0 fully saturated rings. The van der Waals surface area contributed by atoms with Crippen LogP contribution in [0.3, 0.4) is 0 Å². The SMILES string of the molecule is NCc1ccc(Br)cc1.[CH3-].[I][V][I]. The van der Waals surface area contributed by atoms with E-state index in [0.717, 1.165) is 4.47 Å². The number of hydrogen-bond acceptors (Lipinski definition) is 1. The standard InChI is InChI=1S/C7H8BrN.CH3.2HI.V/c8-7-3-1-6(5-9)2-4-7;;;;/h1-4H,5,9H2;1H3;2*1H;/q;-1;;;+2/p-2. The normalized spacial score (nSPS) is 7.69. The van der Waals surface area contributed by atoms with E-state index < -0.39 is 0 Å². The third kappa shape index (κ3) is 10.00. The molecule has 0 saturated carbocycles. The summed E-state index contributed by atoms with van der Waals surface area (Å²) in [4.78, 5) is 0. The molecule has 1 aromatic rings. The van der Waals surface area contributed by atoms with E-state index in [4.69, 9.17) is 5.73 Å². The molecule has 0 saturated heterocycles. The van der Waals surface area contributed by atoms with Gasteiger partial charge in [0.25, 0.3) is 0 Å². The van der Waals surface area contributed by atoms with Crippen molar-refractivity contribution in [3.8, 4) is 0 Å². The van der Waals surface area contributed by atoms with Crippen LogP contribution < -0.4 is 5.73 Å². The zero-order valence-electron chi connectivity index (χ0n) is 7.17. The number of hydrogen-bond donors (Lipinski definition) is 1. The van der Waals surface area contributed by atoms with Crippen molar-refractivity contribution in [2.24, 2.45) is 5.73 Å². The van der Waals surface area contributed by atoms with Gasteiger partial charge in [-0.05, 0) is 17.7 Å². The first kappa shape index (κ1) is 17.1. The second kappa shape index (κ2) is 11.8. The fraction of sp³-hybridized carbons (Fsp3) is 0.125. The molecule has 0 aliphatic rings. The Balaban J connectivity index is 0. The topological polar surface area (TPSA) is 26.0 Å². The minimum atomic E-state index is 0. The average molecular weight is 506 g/mol. The Morgan fingerprint density at radius 2 is 1.62 bits per heavy atom. The van der Waals surface area contributed by atoms with Crippen LogP contribution in [0.1, 0.15) is 5.56 Å². The molecule has 0 bridgehead atoms. The second-order valence-corrected chi connectivity index (χ2v) is 14.6. The van der Waals surface area contributed by atoms with E-state index in [-0.39, 0.29) is 7.43 Å². The first-order chi connectivity index (χ1) is 5.74. The molecule has 0 amide bonds. The van der Waals surface area contributed by atoms with Crippen LogP contribution in [0.25, 0.3) is 0 Å². The van der Waals surface area contributed by atoms with Crippen molar-refractivity contribution < 1.29 is 9.47 Å². The first-order valence-corrected chi connectivity index (χ1v) is 12.9. The third-order valence-corrected chi connectivity index (χ3v) is 1.68. The van der Waals surface area contributed by atoms with Crippen molar-refractivity contribution >= 4 is 55.9 Å². The van der Waals surface area contributed by atoms with Gasteiger partial charge < -0.3 is 13.2 Å². The van der Waals surface area contributed by atoms with Gasteiger partial charge in [-0.1, -0.05) is 28.1 Å². The van der Waals surface area contributed by atoms with E-state index in [2.05, 4.69) is 55.9 Å². The molecular weight excluding hydrogens is 495 g/mol. The van der Waals surface area contributed by atoms with Gasteiger partial charge in [0.05, 0.1) is 0 Å². The maximum absolute atomic E-state index is 5.38. The van der Waals surface area contributed by atoms with Crippen molar-refractivity contribution in [2.45, 2.75) is 6.54 Å². The summed E-state index contributed by atoms with van der Waals surface area (Å²) in [6.45, 7) is 0.618. The van der Waals surface area contributed by atoms with E-state index in [1.807, 2.05) is 24.3 Å². The second-order valence-electron chi connectivity index (χ2n) is 1.89. The number of benzene rings is 1. The summed E-state index contributed by atoms with van der Waals surface area (Å²) in [5.41, 5.74) is 6.55. The molecule has 2 N–H and O–H groups in total. The van der Waals surface area contributed by atoms with Crippen LogP contribution in [0.2, 0.25) is 0 Å². The molecule has 0 spiro atoms. The zero-order chi connectivity index (χ0) is 9.40. The van der Waals surface area contributed by atoms with Crippen LogP contribution in [-0.2, 0) is 16.0 Å². The third-order valence-electron chi connectivity index (χ3n) is 1.15. The van der Waals surface area contributed by atoms with E-state index in [0.29, 0.717) is 16.0 Å². The monoisotopic (exact) mass is 505 g/mol. The van der Waals surface area contributed by atoms with Gasteiger partial charge in [-0.2, -0.15) is 0 Å². The number of nitrogens with two attached hydrogens (primary N) is 1. The van der Waals surface area contributed by atoms with Gasteiger partial charge in [0.2, 0.25) is 0 Å². The van der Waals surface area contributed by atoms with Gasteiger partial charge in [-0.25, -0.2) is 0 Å². The predicted octanol–water partition coefficient (Wildman–Crippen LogP) is 4.13. The number of halogens is 3. The Hall–Kier alpha value is 1.70. The van der Waals surface area contributed by atoms with Gasteiger partial charge in [0.1, 0.15) is 0 Å². The van der Waals surface area contributed by atoms with Crippen LogP contribution in [0.4, 0.5) is 0 Å². The first-order valence-electron chi connectivity index (χ1n) is 3.11. The molecule has 0 unspecified atom stereocenters. The van der Waals surface area contributed by atoms with Gasteiger partial charge >= 0.3 is 49.4 Å². The molecule has 75 valence electrons. The van der Waals surface area contributed by atoms with Gasteiger partial charge in [0, 0.05) is 11.0 Å². The zero-order valence-corrected chi connectivity index (χ0v) is 14.5. The maximum atomic E-state index is 5.38. The predicted molar refractivity (Wildman–Crippen MR) is 76.5 cm³/mol. The molecule has 1 aromatic carbocycles. The Morgan fingerprint density at radius 1 is 1.23 bits per heavy atom. The summed E-state index contributed by atoms with van der Waals surface area (Å²) in [5.74, 6) is 0. The fourth-order valence-corrected chi connectivity index (χ4v) is 0.885. The van der Waals surface area contributed by atoms with E-state index in [9.17, 15) is 0 Å². The van der Waals surface area contributed by atoms with E-state index in [1.54, 1.807) is 0 Å². The molecule has 0 atom stereocenters. The summed E-state index contributed by atoms with van der Waals surface area (Å²) in [5, 5.41) is 0. The van der Waals surface area contributed by atoms with Crippen LogP contribution in [0.15, 0.2) is 28.7 Å². The summed E-state index contributed by atoms with van der Waals surface area (Å²) in [6.07, 6.45) is 0. The molecule has 1 nitrogen and oxygen atoms in total. The Morgan fingerprint density at radius 3 is 1.92 bits per heavy atom. The molecule has 0 aliphatic heterocycles. The fourth-order valence-electron chi connectivity index (χ4n) is 0.620. The average Bonchev–Trinajstić information content (AvgIpc) is 2.07. The Kier molecular flexibility index (Phi) is 15.5. The molecular formula is C8H11BrI2NV-. The van der Waals surface area contributed by atoms with E-state index in [1.165, 1.54) is 5.56 Å². The van der Waals surface area contributed by atoms with Crippen molar-refractivity contribution in [3.05, 3.63) is 41.7 Å². The molecule has 0 aromatic heterocycles. The van der Waals surface area contributed by atoms with Crippen LogP contribution >= 0.6 is 55.9 Å². The van der Waals surface area contributed by atoms with Gasteiger partial charge in [0.15, 0.2) is 0 Å². The Bertz CT molecular complexity index is 206. The molecule has 0 aliphatic carbocycles. The van der Waals surface area contributed by atoms with Crippen molar-refractivity contribution in [1.29, 1.82) is 0 Å². The molecule has 1 rings (SSSR count). The van der Waals surface area contributed by atoms with Crippen molar-refractivity contribution in [3.63, 3.8) is 0 Å². The summed E-state index contributed by atoms with van der Waals surface area (Å²) in [6, 6.07) is 7.98. The number of rotatable bonds is 1. The Labute approximate surface area is 118 Å². The van der Waals surface area contributed by atoms with Crippen LogP contribution in [0, 0.1) is 7.43 Å². The molecule has 0 heterocycles.